The Bertz CT molecular complexity index is 3090. The smallest absolute Gasteiger partial charge is 0.364 e. The van der Waals surface area contributed by atoms with Gasteiger partial charge in [0.05, 0.1) is 24.8 Å². The molecule has 5 heterocycles. The van der Waals surface area contributed by atoms with Crippen molar-refractivity contribution in [1.82, 2.24) is 4.57 Å². The Morgan fingerprint density at radius 3 is 2.29 bits per heavy atom. The average Bonchev–Trinajstić information content (AvgIpc) is 3.90. The minimum Gasteiger partial charge on any atom is -0.455 e. The van der Waals surface area contributed by atoms with Crippen molar-refractivity contribution < 1.29 is 13.6 Å². The fourth-order valence-electron chi connectivity index (χ4n) is 10.0. The van der Waals surface area contributed by atoms with Crippen LogP contribution in [0.2, 0.25) is 19.6 Å². The molecule has 0 fully saturated rings. The first-order valence-electron chi connectivity index (χ1n) is 20.0. The van der Waals surface area contributed by atoms with E-state index in [1.165, 1.54) is 55.3 Å². The highest BCUT2D eigenvalue weighted by Crippen LogP contribution is 2.52. The number of aromatic nitrogens is 3. The minimum atomic E-state index is -1.81. The monoisotopic (exact) mass is 743 g/mol. The summed E-state index contributed by atoms with van der Waals surface area (Å²) >= 11 is 0. The highest BCUT2D eigenvalue weighted by Gasteiger charge is 2.67. The number of hydrogen-bond donors (Lipinski definition) is 0. The largest absolute Gasteiger partial charge is 0.455 e. The van der Waals surface area contributed by atoms with E-state index in [-0.39, 0.29) is 0 Å². The van der Waals surface area contributed by atoms with Crippen LogP contribution in [0.4, 0.5) is 0 Å². The highest BCUT2D eigenvalue weighted by atomic mass is 28.3. The lowest BCUT2D eigenvalue weighted by molar-refractivity contribution is -0.944. The Morgan fingerprint density at radius 2 is 1.46 bits per heavy atom. The Hall–Kier alpha value is -6.04. The topological polar surface area (TPSA) is 25.8 Å². The number of nitrogens with zero attached hydrogens (tertiary/aromatic N) is 3. The van der Waals surface area contributed by atoms with Crippen molar-refractivity contribution in [2.75, 3.05) is 0 Å². The van der Waals surface area contributed by atoms with Gasteiger partial charge in [-0.3, -0.25) is 0 Å². The molecule has 9 aromatic rings. The molecule has 11 rings (SSSR count). The number of rotatable bonds is 5. The molecule has 4 nitrogen and oxygen atoms in total. The van der Waals surface area contributed by atoms with E-state index in [2.05, 4.69) is 200 Å². The molecule has 1 unspecified atom stereocenters. The molecule has 0 saturated carbocycles. The van der Waals surface area contributed by atoms with Crippen molar-refractivity contribution in [2.24, 2.45) is 5.92 Å². The molecular weight excluding hydrogens is 699 g/mol. The van der Waals surface area contributed by atoms with Gasteiger partial charge in [0.15, 0.2) is 22.8 Å². The molecule has 0 radical (unpaired) electrons. The molecule has 3 aromatic heterocycles. The third kappa shape index (κ3) is 4.46. The van der Waals surface area contributed by atoms with Gasteiger partial charge < -0.3 is 4.42 Å². The molecule has 272 valence electrons. The van der Waals surface area contributed by atoms with Crippen LogP contribution >= 0.6 is 0 Å². The summed E-state index contributed by atoms with van der Waals surface area (Å²) in [4.78, 5) is 0. The van der Waals surface area contributed by atoms with Gasteiger partial charge in [0.2, 0.25) is 5.69 Å². The molecule has 1 spiro atoms. The van der Waals surface area contributed by atoms with E-state index in [1.807, 2.05) is 0 Å². The van der Waals surface area contributed by atoms with E-state index in [0.717, 1.165) is 51.0 Å². The lowest BCUT2D eigenvalue weighted by atomic mass is 9.88. The van der Waals surface area contributed by atoms with Gasteiger partial charge in [0.1, 0.15) is 16.8 Å². The first kappa shape index (κ1) is 33.3. The molecule has 1 atom stereocenters. The van der Waals surface area contributed by atoms with Crippen LogP contribution in [-0.2, 0) is 12.1 Å². The summed E-state index contributed by atoms with van der Waals surface area (Å²) in [7, 11) is -1.81. The lowest BCUT2D eigenvalue weighted by Crippen LogP contribution is -2.72. The van der Waals surface area contributed by atoms with Crippen molar-refractivity contribution in [3.8, 4) is 39.5 Å². The van der Waals surface area contributed by atoms with Gasteiger partial charge in [-0.1, -0.05) is 118 Å². The number of hydrogen-bond acceptors (Lipinski definition) is 1. The van der Waals surface area contributed by atoms with Gasteiger partial charge in [-0.15, -0.1) is 9.13 Å². The van der Waals surface area contributed by atoms with Gasteiger partial charge in [0.25, 0.3) is 0 Å². The van der Waals surface area contributed by atoms with E-state index >= 15 is 0 Å². The van der Waals surface area contributed by atoms with E-state index in [4.69, 9.17) is 4.42 Å². The predicted molar refractivity (Wildman–Crippen MR) is 232 cm³/mol. The maximum atomic E-state index is 7.04. The first-order chi connectivity index (χ1) is 27.1. The lowest BCUT2D eigenvalue weighted by Gasteiger charge is -2.24. The molecule has 5 heteroatoms. The first-order valence-corrected chi connectivity index (χ1v) is 23.5. The van der Waals surface area contributed by atoms with Crippen molar-refractivity contribution >= 4 is 46.2 Å². The van der Waals surface area contributed by atoms with Crippen LogP contribution in [0.3, 0.4) is 0 Å². The van der Waals surface area contributed by atoms with Gasteiger partial charge in [-0.05, 0) is 90.6 Å². The molecule has 56 heavy (non-hydrogen) atoms. The van der Waals surface area contributed by atoms with Crippen LogP contribution in [0.25, 0.3) is 72.4 Å². The normalized spacial score (nSPS) is 15.6. The second-order valence-electron chi connectivity index (χ2n) is 17.4. The maximum Gasteiger partial charge on any atom is 0.364 e. The molecule has 0 saturated heterocycles. The van der Waals surface area contributed by atoms with Crippen molar-refractivity contribution in [1.29, 1.82) is 0 Å². The summed E-state index contributed by atoms with van der Waals surface area (Å²) < 4.78 is 14.9. The van der Waals surface area contributed by atoms with Crippen molar-refractivity contribution in [3.63, 3.8) is 0 Å². The number of pyridine rings is 1. The minimum absolute atomic E-state index is 0.555. The van der Waals surface area contributed by atoms with Crippen LogP contribution in [0, 0.1) is 12.8 Å². The van der Waals surface area contributed by atoms with E-state index in [0.29, 0.717) is 5.92 Å². The average molecular weight is 744 g/mol. The summed E-state index contributed by atoms with van der Waals surface area (Å²) in [5.41, 5.74) is 16.0. The van der Waals surface area contributed by atoms with Crippen LogP contribution < -0.4 is 14.3 Å². The van der Waals surface area contributed by atoms with Gasteiger partial charge in [-0.2, -0.15) is 4.57 Å². The molecule has 6 aromatic carbocycles. The third-order valence-electron chi connectivity index (χ3n) is 12.3. The highest BCUT2D eigenvalue weighted by molar-refractivity contribution is 6.89. The zero-order valence-corrected chi connectivity index (χ0v) is 33.9. The van der Waals surface area contributed by atoms with Crippen LogP contribution in [-0.4, -0.2) is 12.6 Å². The molecule has 0 aliphatic carbocycles. The van der Waals surface area contributed by atoms with E-state index in [1.54, 1.807) is 0 Å². The predicted octanol–water partition coefficient (Wildman–Crippen LogP) is 11.1. The number of para-hydroxylation sites is 3. The zero-order valence-electron chi connectivity index (χ0n) is 32.9. The summed E-state index contributed by atoms with van der Waals surface area (Å²) in [5.74, 6) is 1.68. The number of fused-ring (bicyclic) bond motifs is 16. The summed E-state index contributed by atoms with van der Waals surface area (Å²) in [6, 6.07) is 51.6. The maximum absolute atomic E-state index is 7.04. The fraction of sp³-hybridized carbons (Fsp3) is 0.176. The Morgan fingerprint density at radius 1 is 0.714 bits per heavy atom. The Balaban J connectivity index is 1.35. The third-order valence-corrected chi connectivity index (χ3v) is 14.3. The number of benzene rings is 6. The summed E-state index contributed by atoms with van der Waals surface area (Å²) in [6.07, 6.45) is 3.64. The number of aryl methyl sites for hydroxylation is 1. The molecule has 2 aliphatic rings. The van der Waals surface area contributed by atoms with Crippen LogP contribution in [0.1, 0.15) is 36.1 Å². The molecule has 0 amide bonds. The summed E-state index contributed by atoms with van der Waals surface area (Å²) in [6.45, 7) is 14.4. The standard InChI is InChI=1S/C51H45N3OSi/c1-32(2)27-36-30-45-40-28-33(3)23-25-41(40)51(52(45)31-47(36)56(4,5)6)42-26-24-39-38-19-10-13-22-46(38)55-49(39)48(42)50-53(43-20-11-12-21-44(43)54(50)51)37-18-14-17-35(29-37)34-15-8-7-9-16-34/h7-26,28-32H,27H2,1-6H3/q+2. The van der Waals surface area contributed by atoms with E-state index in [9.17, 15) is 0 Å². The Kier molecular flexibility index (Phi) is 6.98. The molecule has 0 bridgehead atoms. The van der Waals surface area contributed by atoms with Crippen LogP contribution in [0.5, 0.6) is 0 Å². The van der Waals surface area contributed by atoms with Gasteiger partial charge in [-0.25, -0.2) is 0 Å². The van der Waals surface area contributed by atoms with Gasteiger partial charge in [0, 0.05) is 22.0 Å². The second kappa shape index (κ2) is 11.7. The SMILES string of the molecule is Cc1ccc2c(c1)-c1cc(CC(C)C)c([Si](C)(C)C)c[n+]1C21c2ccc3c(oc4ccccc43)c2-c2n(-c3cccc(-c4ccccc4)c3)c3ccccc3[n+]21. The van der Waals surface area contributed by atoms with E-state index < -0.39 is 13.7 Å². The number of furan rings is 1. The molecular formula is C51H45N3OSi+2. The fourth-order valence-corrected chi connectivity index (χ4v) is 11.7. The van der Waals surface area contributed by atoms with Crippen molar-refractivity contribution in [2.45, 2.75) is 52.5 Å². The van der Waals surface area contributed by atoms with Crippen molar-refractivity contribution in [3.05, 3.63) is 168 Å². The zero-order chi connectivity index (χ0) is 38.1. The number of imidazole rings is 1. The van der Waals surface area contributed by atoms with Gasteiger partial charge >= 0.3 is 11.5 Å². The Labute approximate surface area is 328 Å². The molecule has 2 aliphatic heterocycles. The second-order valence-corrected chi connectivity index (χ2v) is 22.4. The summed E-state index contributed by atoms with van der Waals surface area (Å²) in [5, 5.41) is 3.81. The quantitative estimate of drug-likeness (QED) is 0.127. The molecule has 0 N–H and O–H groups in total. The van der Waals surface area contributed by atoms with Crippen LogP contribution in [0.15, 0.2) is 150 Å².